The maximum Gasteiger partial charge on any atom is 0.354 e. The molecule has 0 saturated carbocycles. The van der Waals surface area contributed by atoms with Crippen LogP contribution >= 0.6 is 0 Å². The summed E-state index contributed by atoms with van der Waals surface area (Å²) in [5.41, 5.74) is 0.991. The highest BCUT2D eigenvalue weighted by Crippen LogP contribution is 2.19. The van der Waals surface area contributed by atoms with Gasteiger partial charge in [-0.05, 0) is 37.6 Å². The fraction of sp³-hybridized carbons (Fsp3) is 0.353. The smallest absolute Gasteiger partial charge is 0.354 e. The molecule has 0 atom stereocenters. The molecule has 124 valence electrons. The van der Waals surface area contributed by atoms with Crippen molar-refractivity contribution in [3.05, 3.63) is 53.9 Å². The summed E-state index contributed by atoms with van der Waals surface area (Å²) in [4.78, 5) is 12.3. The molecule has 0 fully saturated rings. The van der Waals surface area contributed by atoms with E-state index in [1.54, 1.807) is 54.0 Å². The van der Waals surface area contributed by atoms with E-state index in [0.29, 0.717) is 17.9 Å². The zero-order chi connectivity index (χ0) is 16.9. The third-order valence-corrected chi connectivity index (χ3v) is 5.11. The van der Waals surface area contributed by atoms with Crippen LogP contribution in [0.5, 0.6) is 0 Å². The number of benzene rings is 1. The van der Waals surface area contributed by atoms with Gasteiger partial charge in [0, 0.05) is 12.2 Å². The minimum Gasteiger partial charge on any atom is -0.461 e. The molecule has 1 heterocycles. The Bertz CT molecular complexity index is 763. The van der Waals surface area contributed by atoms with E-state index >= 15 is 0 Å². The number of hydrogen-bond donors (Lipinski definition) is 0. The van der Waals surface area contributed by atoms with Crippen molar-refractivity contribution in [3.63, 3.8) is 0 Å². The lowest BCUT2D eigenvalue weighted by Gasteiger charge is -2.12. The fourth-order valence-corrected chi connectivity index (χ4v) is 3.79. The molecule has 0 bridgehead atoms. The lowest BCUT2D eigenvalue weighted by molar-refractivity contribution is 0.0513. The number of esters is 1. The molecule has 0 aliphatic heterocycles. The van der Waals surface area contributed by atoms with Crippen LogP contribution in [0, 0.1) is 0 Å². The molecule has 0 aliphatic carbocycles. The monoisotopic (exact) mass is 335 g/mol. The van der Waals surface area contributed by atoms with E-state index < -0.39 is 15.8 Å². The lowest BCUT2D eigenvalue weighted by Crippen LogP contribution is -2.16. The van der Waals surface area contributed by atoms with Gasteiger partial charge in [0.1, 0.15) is 5.69 Å². The minimum absolute atomic E-state index is 0.142. The van der Waals surface area contributed by atoms with Crippen molar-refractivity contribution in [2.45, 2.75) is 37.5 Å². The number of sulfone groups is 1. The number of rotatable bonds is 7. The Balaban J connectivity index is 2.35. The summed E-state index contributed by atoms with van der Waals surface area (Å²) in [5.74, 6) is -0.569. The van der Waals surface area contributed by atoms with Gasteiger partial charge in [-0.15, -0.1) is 0 Å². The second-order valence-corrected chi connectivity index (χ2v) is 7.14. The first-order valence-electron chi connectivity index (χ1n) is 7.63. The normalized spacial score (nSPS) is 11.4. The molecule has 2 rings (SSSR count). The first-order valence-corrected chi connectivity index (χ1v) is 9.28. The standard InChI is InChI=1S/C17H21NO4S/c1-3-12-18-14(10-11-16(18)17(19)22-4-2)13-23(20,21)15-8-6-5-7-9-15/h5-11H,3-4,12-13H2,1-2H3. The van der Waals surface area contributed by atoms with Gasteiger partial charge in [0.2, 0.25) is 0 Å². The molecule has 0 N–H and O–H groups in total. The summed E-state index contributed by atoms with van der Waals surface area (Å²) in [6.07, 6.45) is 0.791. The number of aromatic nitrogens is 1. The van der Waals surface area contributed by atoms with E-state index in [4.69, 9.17) is 4.74 Å². The van der Waals surface area contributed by atoms with Crippen molar-refractivity contribution >= 4 is 15.8 Å². The maximum absolute atomic E-state index is 12.5. The average molecular weight is 335 g/mol. The van der Waals surface area contributed by atoms with Crippen LogP contribution in [-0.4, -0.2) is 25.6 Å². The Morgan fingerprint density at radius 1 is 1.09 bits per heavy atom. The zero-order valence-electron chi connectivity index (χ0n) is 13.4. The molecule has 0 unspecified atom stereocenters. The van der Waals surface area contributed by atoms with Crippen molar-refractivity contribution < 1.29 is 17.9 Å². The topological polar surface area (TPSA) is 65.4 Å². The largest absolute Gasteiger partial charge is 0.461 e. The van der Waals surface area contributed by atoms with Gasteiger partial charge in [-0.3, -0.25) is 0 Å². The Hall–Kier alpha value is -2.08. The Morgan fingerprint density at radius 3 is 2.39 bits per heavy atom. The zero-order valence-corrected chi connectivity index (χ0v) is 14.2. The molecule has 0 saturated heterocycles. The molecule has 6 heteroatoms. The predicted octanol–water partition coefficient (Wildman–Crippen LogP) is 3.05. The Kier molecular flexibility index (Phi) is 5.60. The summed E-state index contributed by atoms with van der Waals surface area (Å²) in [6.45, 7) is 4.57. The molecule has 0 spiro atoms. The van der Waals surface area contributed by atoms with Gasteiger partial charge >= 0.3 is 5.97 Å². The van der Waals surface area contributed by atoms with Crippen molar-refractivity contribution in [2.24, 2.45) is 0 Å². The summed E-state index contributed by atoms with van der Waals surface area (Å²) in [6, 6.07) is 11.6. The Labute approximate surface area is 136 Å². The van der Waals surface area contributed by atoms with E-state index in [-0.39, 0.29) is 17.3 Å². The van der Waals surface area contributed by atoms with Gasteiger partial charge in [0.15, 0.2) is 9.84 Å². The molecular weight excluding hydrogens is 314 g/mol. The summed E-state index contributed by atoms with van der Waals surface area (Å²) in [7, 11) is -3.45. The van der Waals surface area contributed by atoms with Gasteiger partial charge in [-0.2, -0.15) is 0 Å². The van der Waals surface area contributed by atoms with Crippen molar-refractivity contribution in [2.75, 3.05) is 6.61 Å². The van der Waals surface area contributed by atoms with E-state index in [2.05, 4.69) is 0 Å². The highest BCUT2D eigenvalue weighted by Gasteiger charge is 2.21. The lowest BCUT2D eigenvalue weighted by atomic mass is 10.4. The van der Waals surface area contributed by atoms with Gasteiger partial charge < -0.3 is 9.30 Å². The number of nitrogens with zero attached hydrogens (tertiary/aromatic N) is 1. The van der Waals surface area contributed by atoms with Crippen LogP contribution in [0.3, 0.4) is 0 Å². The van der Waals surface area contributed by atoms with Crippen LogP contribution in [0.1, 0.15) is 36.5 Å². The van der Waals surface area contributed by atoms with Gasteiger partial charge in [0.25, 0.3) is 0 Å². The van der Waals surface area contributed by atoms with Gasteiger partial charge in [-0.25, -0.2) is 13.2 Å². The third-order valence-electron chi connectivity index (χ3n) is 3.44. The summed E-state index contributed by atoms with van der Waals surface area (Å²) < 4.78 is 31.8. The highest BCUT2D eigenvalue weighted by atomic mass is 32.2. The van der Waals surface area contributed by atoms with Crippen LogP contribution < -0.4 is 0 Å². The second-order valence-electron chi connectivity index (χ2n) is 5.15. The molecule has 23 heavy (non-hydrogen) atoms. The molecule has 0 aliphatic rings. The van der Waals surface area contributed by atoms with Crippen LogP contribution in [0.15, 0.2) is 47.4 Å². The van der Waals surface area contributed by atoms with Crippen molar-refractivity contribution in [1.82, 2.24) is 4.57 Å². The van der Waals surface area contributed by atoms with E-state index in [1.807, 2.05) is 6.92 Å². The van der Waals surface area contributed by atoms with Crippen molar-refractivity contribution in [3.8, 4) is 0 Å². The van der Waals surface area contributed by atoms with Crippen LogP contribution in [0.2, 0.25) is 0 Å². The first-order chi connectivity index (χ1) is 11.0. The quantitative estimate of drug-likeness (QED) is 0.730. The highest BCUT2D eigenvalue weighted by molar-refractivity contribution is 7.90. The van der Waals surface area contributed by atoms with Gasteiger partial charge in [-0.1, -0.05) is 25.1 Å². The number of carbonyl (C=O) groups is 1. The molecule has 5 nitrogen and oxygen atoms in total. The summed E-state index contributed by atoms with van der Waals surface area (Å²) in [5, 5.41) is 0. The van der Waals surface area contributed by atoms with Crippen molar-refractivity contribution in [1.29, 1.82) is 0 Å². The predicted molar refractivity (Wildman–Crippen MR) is 88.0 cm³/mol. The fourth-order valence-electron chi connectivity index (χ4n) is 2.41. The minimum atomic E-state index is -3.45. The molecule has 1 aromatic carbocycles. The van der Waals surface area contributed by atoms with E-state index in [0.717, 1.165) is 6.42 Å². The number of carbonyl (C=O) groups excluding carboxylic acids is 1. The third kappa shape index (κ3) is 4.01. The Morgan fingerprint density at radius 2 is 1.78 bits per heavy atom. The number of hydrogen-bond acceptors (Lipinski definition) is 4. The first kappa shape index (κ1) is 17.3. The number of ether oxygens (including phenoxy) is 1. The van der Waals surface area contributed by atoms with Crippen LogP contribution in [0.25, 0.3) is 0 Å². The average Bonchev–Trinajstić information content (AvgIpc) is 2.91. The second kappa shape index (κ2) is 7.46. The molecule has 1 aromatic heterocycles. The van der Waals surface area contributed by atoms with E-state index in [1.165, 1.54) is 0 Å². The SMILES string of the molecule is CCCn1c(CS(=O)(=O)c2ccccc2)ccc1C(=O)OCC. The molecular formula is C17H21NO4S. The molecule has 0 amide bonds. The summed E-state index contributed by atoms with van der Waals surface area (Å²) >= 11 is 0. The van der Waals surface area contributed by atoms with Crippen LogP contribution in [0.4, 0.5) is 0 Å². The van der Waals surface area contributed by atoms with E-state index in [9.17, 15) is 13.2 Å². The van der Waals surface area contributed by atoms with Gasteiger partial charge in [0.05, 0.1) is 17.3 Å². The maximum atomic E-state index is 12.5. The molecule has 0 radical (unpaired) electrons. The van der Waals surface area contributed by atoms with Crippen LogP contribution in [-0.2, 0) is 26.9 Å². The molecule has 2 aromatic rings.